The van der Waals surface area contributed by atoms with Gasteiger partial charge in [0.25, 0.3) is 0 Å². The summed E-state index contributed by atoms with van der Waals surface area (Å²) in [5, 5.41) is 16.6. The van der Waals surface area contributed by atoms with Gasteiger partial charge in [-0.15, -0.1) is 11.3 Å². The minimum absolute atomic E-state index is 0.182. The summed E-state index contributed by atoms with van der Waals surface area (Å²) in [5.41, 5.74) is 1.01. The Morgan fingerprint density at radius 2 is 2.17 bits per heavy atom. The number of thiazole rings is 1. The molecule has 1 atom stereocenters. The van der Waals surface area contributed by atoms with E-state index in [1.54, 1.807) is 11.3 Å². The van der Waals surface area contributed by atoms with Gasteiger partial charge in [0.05, 0.1) is 18.9 Å². The maximum absolute atomic E-state index is 9.74. The summed E-state index contributed by atoms with van der Waals surface area (Å²) >= 11 is 1.59. The summed E-state index contributed by atoms with van der Waals surface area (Å²) in [7, 11) is 0. The number of aliphatic hydroxyl groups is 1. The van der Waals surface area contributed by atoms with Crippen molar-refractivity contribution in [2.45, 2.75) is 39.7 Å². The van der Waals surface area contributed by atoms with E-state index in [0.29, 0.717) is 24.6 Å². The molecule has 0 spiro atoms. The second-order valence-corrected chi connectivity index (χ2v) is 5.62. The Kier molecular flexibility index (Phi) is 4.08. The van der Waals surface area contributed by atoms with Crippen LogP contribution in [0, 0.1) is 12.8 Å². The number of aromatic nitrogens is 3. The van der Waals surface area contributed by atoms with Crippen molar-refractivity contribution in [1.82, 2.24) is 15.1 Å². The Morgan fingerprint density at radius 1 is 1.39 bits per heavy atom. The second kappa shape index (κ2) is 5.58. The Hall–Kier alpha value is -1.27. The lowest BCUT2D eigenvalue weighted by atomic mass is 10.0. The van der Waals surface area contributed by atoms with Crippen LogP contribution in [0.15, 0.2) is 9.90 Å². The number of hydrogen-bond acceptors (Lipinski definition) is 6. The highest BCUT2D eigenvalue weighted by Gasteiger charge is 2.15. The van der Waals surface area contributed by atoms with Crippen molar-refractivity contribution in [2.75, 3.05) is 0 Å². The van der Waals surface area contributed by atoms with E-state index >= 15 is 0 Å². The zero-order chi connectivity index (χ0) is 13.1. The molecule has 18 heavy (non-hydrogen) atoms. The van der Waals surface area contributed by atoms with Crippen LogP contribution in [-0.4, -0.2) is 26.3 Å². The van der Waals surface area contributed by atoms with Gasteiger partial charge >= 0.3 is 0 Å². The fraction of sp³-hybridized carbons (Fsp3) is 0.583. The number of rotatable bonds is 5. The fourth-order valence-corrected chi connectivity index (χ4v) is 2.25. The molecule has 2 aromatic heterocycles. The monoisotopic (exact) mass is 267 g/mol. The van der Waals surface area contributed by atoms with Crippen LogP contribution in [0.5, 0.6) is 0 Å². The van der Waals surface area contributed by atoms with Gasteiger partial charge in [-0.3, -0.25) is 0 Å². The fourth-order valence-electron chi connectivity index (χ4n) is 1.48. The molecule has 0 aliphatic rings. The minimum atomic E-state index is -0.444. The topological polar surface area (TPSA) is 72.0 Å². The van der Waals surface area contributed by atoms with Crippen molar-refractivity contribution in [3.8, 4) is 0 Å². The van der Waals surface area contributed by atoms with Crippen molar-refractivity contribution in [2.24, 2.45) is 5.92 Å². The van der Waals surface area contributed by atoms with E-state index in [4.69, 9.17) is 4.52 Å². The van der Waals surface area contributed by atoms with E-state index in [0.717, 1.165) is 10.7 Å². The number of aryl methyl sites for hydroxylation is 1. The largest absolute Gasteiger partial charge is 0.392 e. The molecule has 0 aliphatic heterocycles. The van der Waals surface area contributed by atoms with Crippen molar-refractivity contribution >= 4 is 11.3 Å². The molecule has 2 heterocycles. The molecule has 0 saturated heterocycles. The number of hydrogen-bond donors (Lipinski definition) is 1. The molecule has 0 aliphatic carbocycles. The number of nitrogens with zero attached hydrogens (tertiary/aromatic N) is 3. The molecule has 0 fully saturated rings. The Balaban J connectivity index is 1.98. The van der Waals surface area contributed by atoms with Crippen molar-refractivity contribution in [1.29, 1.82) is 0 Å². The van der Waals surface area contributed by atoms with Gasteiger partial charge < -0.3 is 9.63 Å². The highest BCUT2D eigenvalue weighted by Crippen LogP contribution is 2.14. The van der Waals surface area contributed by atoms with Crippen LogP contribution in [0.3, 0.4) is 0 Å². The highest BCUT2D eigenvalue weighted by molar-refractivity contribution is 7.09. The third-order valence-electron chi connectivity index (χ3n) is 2.64. The molecule has 0 radical (unpaired) electrons. The first-order valence-electron chi connectivity index (χ1n) is 5.95. The van der Waals surface area contributed by atoms with Gasteiger partial charge in [-0.1, -0.05) is 19.0 Å². The van der Waals surface area contributed by atoms with Crippen molar-refractivity contribution < 1.29 is 9.63 Å². The van der Waals surface area contributed by atoms with E-state index in [-0.39, 0.29) is 5.92 Å². The molecule has 0 saturated carbocycles. The summed E-state index contributed by atoms with van der Waals surface area (Å²) in [5.74, 6) is 1.29. The van der Waals surface area contributed by atoms with E-state index in [1.165, 1.54) is 0 Å². The van der Waals surface area contributed by atoms with Gasteiger partial charge in [0.1, 0.15) is 5.01 Å². The van der Waals surface area contributed by atoms with Gasteiger partial charge in [0.2, 0.25) is 5.89 Å². The molecule has 2 rings (SSSR count). The predicted octanol–water partition coefficient (Wildman–Crippen LogP) is 1.98. The van der Waals surface area contributed by atoms with Gasteiger partial charge in [-0.2, -0.15) is 4.98 Å². The molecule has 0 bridgehead atoms. The quantitative estimate of drug-likeness (QED) is 0.897. The zero-order valence-corrected chi connectivity index (χ0v) is 11.6. The number of aliphatic hydroxyl groups excluding tert-OH is 1. The molecule has 98 valence electrons. The Labute approximate surface area is 110 Å². The molecule has 5 nitrogen and oxygen atoms in total. The van der Waals surface area contributed by atoms with E-state index in [1.807, 2.05) is 26.2 Å². The lowest BCUT2D eigenvalue weighted by Gasteiger charge is -2.10. The first-order chi connectivity index (χ1) is 8.54. The molecule has 0 amide bonds. The lowest BCUT2D eigenvalue weighted by molar-refractivity contribution is 0.116. The van der Waals surface area contributed by atoms with Crippen LogP contribution in [0.4, 0.5) is 0 Å². The highest BCUT2D eigenvalue weighted by atomic mass is 32.1. The first-order valence-corrected chi connectivity index (χ1v) is 6.83. The second-order valence-electron chi connectivity index (χ2n) is 4.68. The Bertz CT molecular complexity index is 507. The lowest BCUT2D eigenvalue weighted by Crippen LogP contribution is -2.17. The third kappa shape index (κ3) is 3.36. The normalized spacial score (nSPS) is 13.2. The molecule has 1 unspecified atom stereocenters. The van der Waals surface area contributed by atoms with Crippen LogP contribution in [0.2, 0.25) is 0 Å². The summed E-state index contributed by atoms with van der Waals surface area (Å²) in [4.78, 5) is 8.62. The van der Waals surface area contributed by atoms with E-state index in [2.05, 4.69) is 15.1 Å². The van der Waals surface area contributed by atoms with Crippen LogP contribution >= 0.6 is 11.3 Å². The summed E-state index contributed by atoms with van der Waals surface area (Å²) < 4.78 is 5.12. The maximum atomic E-state index is 9.74. The zero-order valence-electron chi connectivity index (χ0n) is 10.8. The van der Waals surface area contributed by atoms with Crippen molar-refractivity contribution in [3.63, 3.8) is 0 Å². The molecular weight excluding hydrogens is 250 g/mol. The predicted molar refractivity (Wildman–Crippen MR) is 68.5 cm³/mol. The summed E-state index contributed by atoms with van der Waals surface area (Å²) in [6, 6.07) is 0. The summed E-state index contributed by atoms with van der Waals surface area (Å²) in [6.07, 6.45) is 0.543. The van der Waals surface area contributed by atoms with Crippen LogP contribution in [-0.2, 0) is 12.8 Å². The van der Waals surface area contributed by atoms with Crippen LogP contribution < -0.4 is 0 Å². The van der Waals surface area contributed by atoms with Crippen LogP contribution in [0.1, 0.15) is 36.3 Å². The first kappa shape index (κ1) is 13.2. The Morgan fingerprint density at radius 3 is 2.78 bits per heavy atom. The molecular formula is C12H17N3O2S. The molecule has 1 N–H and O–H groups in total. The van der Waals surface area contributed by atoms with Crippen molar-refractivity contribution in [3.05, 3.63) is 27.8 Å². The van der Waals surface area contributed by atoms with E-state index in [9.17, 15) is 5.11 Å². The third-order valence-corrected chi connectivity index (χ3v) is 3.61. The standard InChI is InChI=1S/C12H17N3O2S/c1-7(2)9(16)4-11-14-10(15-17-11)5-12-13-8(3)6-18-12/h6-7,9,16H,4-5H2,1-3H3. The minimum Gasteiger partial charge on any atom is -0.392 e. The molecule has 6 heteroatoms. The van der Waals surface area contributed by atoms with E-state index < -0.39 is 6.10 Å². The van der Waals surface area contributed by atoms with Gasteiger partial charge in [-0.25, -0.2) is 4.98 Å². The smallest absolute Gasteiger partial charge is 0.229 e. The average Bonchev–Trinajstić information content (AvgIpc) is 2.89. The van der Waals surface area contributed by atoms with Gasteiger partial charge in [0.15, 0.2) is 5.82 Å². The SMILES string of the molecule is Cc1csc(Cc2noc(CC(O)C(C)C)n2)n1. The average molecular weight is 267 g/mol. The molecule has 2 aromatic rings. The maximum Gasteiger partial charge on any atom is 0.229 e. The van der Waals surface area contributed by atoms with Gasteiger partial charge in [-0.05, 0) is 12.8 Å². The summed E-state index contributed by atoms with van der Waals surface area (Å²) in [6.45, 7) is 5.88. The van der Waals surface area contributed by atoms with Crippen LogP contribution in [0.25, 0.3) is 0 Å². The van der Waals surface area contributed by atoms with Gasteiger partial charge in [0, 0.05) is 11.1 Å². The molecule has 0 aromatic carbocycles.